The molecule has 1 N–H and O–H groups in total. The van der Waals surface area contributed by atoms with Gasteiger partial charge in [-0.15, -0.1) is 6.42 Å². The van der Waals surface area contributed by atoms with Gasteiger partial charge in [0.25, 0.3) is 0 Å². The van der Waals surface area contributed by atoms with Crippen LogP contribution in [0.3, 0.4) is 0 Å². The van der Waals surface area contributed by atoms with Crippen LogP contribution in [0.1, 0.15) is 0 Å². The highest BCUT2D eigenvalue weighted by molar-refractivity contribution is 5.89. The highest BCUT2D eigenvalue weighted by Gasteiger charge is 2.13. The molecule has 1 rings (SSSR count). The Hall–Kier alpha value is -2.35. The van der Waals surface area contributed by atoms with Crippen LogP contribution in [0.5, 0.6) is 23.0 Å². The van der Waals surface area contributed by atoms with E-state index < -0.39 is 5.97 Å². The van der Waals surface area contributed by atoms with Gasteiger partial charge in [-0.05, 0) is 0 Å². The fourth-order valence-electron chi connectivity index (χ4n) is 1.06. The molecule has 0 unspecified atom stereocenters. The molecule has 16 heavy (non-hydrogen) atoms. The lowest BCUT2D eigenvalue weighted by Gasteiger charge is -2.10. The molecule has 0 fully saturated rings. The average molecular weight is 222 g/mol. The van der Waals surface area contributed by atoms with Gasteiger partial charge in [0.15, 0.2) is 11.5 Å². The minimum absolute atomic E-state index is 0.124. The topological polar surface area (TPSA) is 65.0 Å². The van der Waals surface area contributed by atoms with Gasteiger partial charge in [0, 0.05) is 18.1 Å². The summed E-state index contributed by atoms with van der Waals surface area (Å²) in [5, 5.41) is 9.57. The maximum atomic E-state index is 10.9. The van der Waals surface area contributed by atoms with Crippen LogP contribution in [0.2, 0.25) is 0 Å². The first kappa shape index (κ1) is 11.7. The lowest BCUT2D eigenvalue weighted by molar-refractivity contribution is -0.128. The smallest absolute Gasteiger partial charge is 0.389 e. The summed E-state index contributed by atoms with van der Waals surface area (Å²) in [7, 11) is 2.72. The first-order valence-corrected chi connectivity index (χ1v) is 4.25. The summed E-state index contributed by atoms with van der Waals surface area (Å²) in [5.74, 6) is 1.17. The molecule has 0 aliphatic rings. The molecule has 0 saturated heterocycles. The number of carbonyl (C=O) groups excluding carboxylic acids is 1. The number of hydrogen-bond acceptors (Lipinski definition) is 5. The summed E-state index contributed by atoms with van der Waals surface area (Å²) in [5.41, 5.74) is 0. The van der Waals surface area contributed by atoms with Crippen molar-refractivity contribution < 1.29 is 24.1 Å². The summed E-state index contributed by atoms with van der Waals surface area (Å²) in [6.07, 6.45) is 4.85. The van der Waals surface area contributed by atoms with E-state index in [-0.39, 0.29) is 23.0 Å². The van der Waals surface area contributed by atoms with E-state index in [2.05, 4.69) is 0 Å². The van der Waals surface area contributed by atoms with Gasteiger partial charge < -0.3 is 19.3 Å². The second-order valence-electron chi connectivity index (χ2n) is 2.71. The van der Waals surface area contributed by atoms with E-state index in [1.165, 1.54) is 26.4 Å². The number of carbonyl (C=O) groups is 1. The fraction of sp³-hybridized carbons (Fsp3) is 0.182. The highest BCUT2D eigenvalue weighted by atomic mass is 16.5. The summed E-state index contributed by atoms with van der Waals surface area (Å²) < 4.78 is 14.5. The zero-order valence-electron chi connectivity index (χ0n) is 8.81. The Morgan fingerprint density at radius 3 is 2.19 bits per heavy atom. The van der Waals surface area contributed by atoms with Crippen molar-refractivity contribution in [2.75, 3.05) is 14.2 Å². The third kappa shape index (κ3) is 2.36. The van der Waals surface area contributed by atoms with Gasteiger partial charge in [0.05, 0.1) is 14.2 Å². The summed E-state index contributed by atoms with van der Waals surface area (Å²) in [6, 6.07) is 2.65. The number of phenolic OH excluding ortho intramolecular Hbond substituents is 1. The number of phenols is 1. The van der Waals surface area contributed by atoms with Crippen molar-refractivity contribution in [1.29, 1.82) is 0 Å². The van der Waals surface area contributed by atoms with Crippen molar-refractivity contribution in [1.82, 2.24) is 0 Å². The maximum absolute atomic E-state index is 10.9. The van der Waals surface area contributed by atoms with E-state index in [1.807, 2.05) is 0 Å². The SMILES string of the molecule is C#CC(=O)Oc1cc(OC)c(O)c(OC)c1. The summed E-state index contributed by atoms with van der Waals surface area (Å²) in [6.45, 7) is 0. The number of aromatic hydroxyl groups is 1. The van der Waals surface area contributed by atoms with Crippen molar-refractivity contribution in [3.05, 3.63) is 12.1 Å². The first-order valence-electron chi connectivity index (χ1n) is 4.25. The Bertz CT molecular complexity index is 419. The zero-order chi connectivity index (χ0) is 12.1. The molecular weight excluding hydrogens is 212 g/mol. The molecule has 0 heterocycles. The number of terminal acetylenes is 1. The number of benzene rings is 1. The van der Waals surface area contributed by atoms with Crippen molar-refractivity contribution in [3.63, 3.8) is 0 Å². The third-order valence-corrected chi connectivity index (χ3v) is 1.78. The van der Waals surface area contributed by atoms with Gasteiger partial charge >= 0.3 is 5.97 Å². The molecule has 0 radical (unpaired) electrons. The molecule has 0 aliphatic carbocycles. The number of hydrogen-bond donors (Lipinski definition) is 1. The van der Waals surface area contributed by atoms with E-state index in [0.29, 0.717) is 0 Å². The van der Waals surface area contributed by atoms with E-state index in [0.717, 1.165) is 0 Å². The van der Waals surface area contributed by atoms with Crippen LogP contribution >= 0.6 is 0 Å². The standard InChI is InChI=1S/C11H10O5/c1-4-10(12)16-7-5-8(14-2)11(13)9(6-7)15-3/h1,5-6,13H,2-3H3. The minimum atomic E-state index is -0.838. The molecular formula is C11H10O5. The molecule has 5 nitrogen and oxygen atoms in total. The van der Waals surface area contributed by atoms with E-state index >= 15 is 0 Å². The van der Waals surface area contributed by atoms with Crippen molar-refractivity contribution in [2.24, 2.45) is 0 Å². The van der Waals surface area contributed by atoms with Gasteiger partial charge in [-0.3, -0.25) is 0 Å². The maximum Gasteiger partial charge on any atom is 0.389 e. The molecule has 5 heteroatoms. The molecule has 0 aromatic heterocycles. The molecule has 0 amide bonds. The molecule has 0 spiro atoms. The lowest BCUT2D eigenvalue weighted by atomic mass is 10.2. The van der Waals surface area contributed by atoms with Gasteiger partial charge in [0.2, 0.25) is 5.75 Å². The van der Waals surface area contributed by atoms with Gasteiger partial charge in [-0.1, -0.05) is 0 Å². The van der Waals surface area contributed by atoms with E-state index in [4.69, 9.17) is 20.6 Å². The van der Waals surface area contributed by atoms with E-state index in [9.17, 15) is 9.90 Å². The predicted octanol–water partition coefficient (Wildman–Crippen LogP) is 0.948. The van der Waals surface area contributed by atoms with Crippen LogP contribution in [0, 0.1) is 12.3 Å². The molecule has 0 saturated carbocycles. The first-order chi connectivity index (χ1) is 7.62. The largest absolute Gasteiger partial charge is 0.502 e. The number of rotatable bonds is 3. The average Bonchev–Trinajstić information content (AvgIpc) is 2.30. The predicted molar refractivity (Wildman–Crippen MR) is 55.7 cm³/mol. The van der Waals surface area contributed by atoms with Crippen LogP contribution in [0.15, 0.2) is 12.1 Å². The highest BCUT2D eigenvalue weighted by Crippen LogP contribution is 2.39. The van der Waals surface area contributed by atoms with Crippen LogP contribution in [-0.4, -0.2) is 25.3 Å². The molecule has 0 bridgehead atoms. The second kappa shape index (κ2) is 4.94. The van der Waals surface area contributed by atoms with Crippen molar-refractivity contribution in [2.45, 2.75) is 0 Å². The van der Waals surface area contributed by atoms with Gasteiger partial charge in [-0.25, -0.2) is 4.79 Å². The zero-order valence-corrected chi connectivity index (χ0v) is 8.81. The Labute approximate surface area is 92.6 Å². The minimum Gasteiger partial charge on any atom is -0.502 e. The molecule has 1 aromatic carbocycles. The molecule has 0 aliphatic heterocycles. The fourth-order valence-corrected chi connectivity index (χ4v) is 1.06. The summed E-state index contributed by atoms with van der Waals surface area (Å²) in [4.78, 5) is 10.9. The molecule has 0 atom stereocenters. The number of esters is 1. The lowest BCUT2D eigenvalue weighted by Crippen LogP contribution is -2.04. The molecule has 84 valence electrons. The Kier molecular flexibility index (Phi) is 3.62. The number of ether oxygens (including phenoxy) is 3. The third-order valence-electron chi connectivity index (χ3n) is 1.78. The molecule has 1 aromatic rings. The van der Waals surface area contributed by atoms with E-state index in [1.54, 1.807) is 5.92 Å². The van der Waals surface area contributed by atoms with Crippen molar-refractivity contribution >= 4 is 5.97 Å². The Morgan fingerprint density at radius 1 is 1.31 bits per heavy atom. The van der Waals surface area contributed by atoms with Crippen LogP contribution in [0.4, 0.5) is 0 Å². The van der Waals surface area contributed by atoms with Gasteiger partial charge in [-0.2, -0.15) is 0 Å². The summed E-state index contributed by atoms with van der Waals surface area (Å²) >= 11 is 0. The second-order valence-corrected chi connectivity index (χ2v) is 2.71. The van der Waals surface area contributed by atoms with Gasteiger partial charge in [0.1, 0.15) is 5.75 Å². The van der Waals surface area contributed by atoms with Crippen LogP contribution in [0.25, 0.3) is 0 Å². The Balaban J connectivity index is 3.13. The Morgan fingerprint density at radius 2 is 1.81 bits per heavy atom. The normalized spacial score (nSPS) is 9.06. The van der Waals surface area contributed by atoms with Crippen LogP contribution in [-0.2, 0) is 4.79 Å². The number of methoxy groups -OCH3 is 2. The quantitative estimate of drug-likeness (QED) is 0.357. The van der Waals surface area contributed by atoms with Crippen molar-refractivity contribution in [3.8, 4) is 35.3 Å². The monoisotopic (exact) mass is 222 g/mol. The van der Waals surface area contributed by atoms with Crippen LogP contribution < -0.4 is 14.2 Å².